The maximum Gasteiger partial charge on any atom is 0.277 e. The number of anilines is 3. The molecule has 8 nitrogen and oxygen atoms in total. The lowest BCUT2D eigenvalue weighted by Crippen LogP contribution is -2.48. The second-order valence-electron chi connectivity index (χ2n) is 7.18. The molecule has 154 valence electrons. The third-order valence-corrected chi connectivity index (χ3v) is 5.33. The summed E-state index contributed by atoms with van der Waals surface area (Å²) >= 11 is 0. The molecule has 4 N–H and O–H groups in total. The summed E-state index contributed by atoms with van der Waals surface area (Å²) in [5, 5.41) is 6.06. The number of hydrogen-bond acceptors (Lipinski definition) is 6. The van der Waals surface area contributed by atoms with Gasteiger partial charge in [0.05, 0.1) is 0 Å². The minimum absolute atomic E-state index is 0.219. The van der Waals surface area contributed by atoms with Crippen LogP contribution < -0.4 is 21.9 Å². The third kappa shape index (κ3) is 3.62. The Morgan fingerprint density at radius 2 is 2.07 bits per heavy atom. The fourth-order valence-electron chi connectivity index (χ4n) is 4.00. The van der Waals surface area contributed by atoms with Crippen molar-refractivity contribution in [2.75, 3.05) is 11.1 Å². The molecule has 8 heteroatoms. The number of aryl methyl sites for hydroxylation is 1. The number of carbonyl (C=O) groups excluding carboxylic acids is 1. The normalized spacial score (nSPS) is 21.9. The van der Waals surface area contributed by atoms with Gasteiger partial charge in [0.25, 0.3) is 11.5 Å². The van der Waals surface area contributed by atoms with Crippen molar-refractivity contribution < 1.29 is 4.79 Å². The van der Waals surface area contributed by atoms with Crippen molar-refractivity contribution >= 4 is 23.2 Å². The van der Waals surface area contributed by atoms with Crippen LogP contribution in [0.15, 0.2) is 35.4 Å². The van der Waals surface area contributed by atoms with Crippen molar-refractivity contribution in [1.29, 1.82) is 0 Å². The van der Waals surface area contributed by atoms with E-state index in [1.54, 1.807) is 16.7 Å². The smallest absolute Gasteiger partial charge is 0.277 e. The van der Waals surface area contributed by atoms with Gasteiger partial charge in [-0.1, -0.05) is 33.3 Å². The molecule has 3 heterocycles. The molecule has 2 aromatic rings. The fraction of sp³-hybridized carbons (Fsp3) is 0.429. The number of pyridine rings is 1. The van der Waals surface area contributed by atoms with Crippen molar-refractivity contribution in [3.05, 3.63) is 52.2 Å². The molecule has 2 unspecified atom stereocenters. The zero-order chi connectivity index (χ0) is 21.2. The number of amides is 1. The van der Waals surface area contributed by atoms with Crippen molar-refractivity contribution in [2.45, 2.75) is 52.6 Å². The topological polar surface area (TPSA) is 115 Å². The summed E-state index contributed by atoms with van der Waals surface area (Å²) in [6.45, 7) is 7.95. The summed E-state index contributed by atoms with van der Waals surface area (Å²) in [7, 11) is 0. The molecule has 1 amide bonds. The number of fused-ring (bicyclic) bond motifs is 2. The van der Waals surface area contributed by atoms with Crippen LogP contribution in [-0.4, -0.2) is 20.4 Å². The van der Waals surface area contributed by atoms with Gasteiger partial charge >= 0.3 is 0 Å². The average Bonchev–Trinajstić information content (AvgIpc) is 2.99. The Bertz CT molecular complexity index is 1010. The van der Waals surface area contributed by atoms with E-state index in [1.165, 1.54) is 6.33 Å². The zero-order valence-corrected chi connectivity index (χ0v) is 17.3. The average molecular weight is 396 g/mol. The summed E-state index contributed by atoms with van der Waals surface area (Å²) in [6, 6.07) is 3.23. The summed E-state index contributed by atoms with van der Waals surface area (Å²) in [4.78, 5) is 33.9. The van der Waals surface area contributed by atoms with Gasteiger partial charge in [-0.25, -0.2) is 9.97 Å². The highest BCUT2D eigenvalue weighted by Gasteiger charge is 2.45. The first-order valence-electron chi connectivity index (χ1n) is 10.1. The molecule has 1 aliphatic heterocycles. The van der Waals surface area contributed by atoms with Gasteiger partial charge in [-0.2, -0.15) is 0 Å². The molecule has 1 aliphatic carbocycles. The second-order valence-corrected chi connectivity index (χ2v) is 7.18. The van der Waals surface area contributed by atoms with E-state index < -0.39 is 5.66 Å². The van der Waals surface area contributed by atoms with Gasteiger partial charge in [0.1, 0.15) is 35.0 Å². The van der Waals surface area contributed by atoms with Gasteiger partial charge in [-0.3, -0.25) is 14.2 Å². The Morgan fingerprint density at radius 1 is 1.31 bits per heavy atom. The van der Waals surface area contributed by atoms with Gasteiger partial charge in [-0.05, 0) is 43.4 Å². The van der Waals surface area contributed by atoms with Crippen LogP contribution >= 0.6 is 0 Å². The lowest BCUT2D eigenvalue weighted by atomic mass is 9.85. The number of hydrogen-bond donors (Lipinski definition) is 3. The van der Waals surface area contributed by atoms with Gasteiger partial charge in [0.15, 0.2) is 0 Å². The largest absolute Gasteiger partial charge is 0.384 e. The monoisotopic (exact) mass is 396 g/mol. The van der Waals surface area contributed by atoms with Crippen molar-refractivity contribution in [2.24, 2.45) is 5.92 Å². The SMILES string of the molecule is CC.CCC1CC=CC2(C1)NC(=O)c1c(C)cc(Nc3cc(N)ncn3)c(=O)n12. The van der Waals surface area contributed by atoms with Crippen LogP contribution in [-0.2, 0) is 5.66 Å². The van der Waals surface area contributed by atoms with E-state index in [-0.39, 0.29) is 11.5 Å². The molecule has 2 aromatic heterocycles. The van der Waals surface area contributed by atoms with Crippen LogP contribution in [0.5, 0.6) is 0 Å². The minimum atomic E-state index is -0.810. The second kappa shape index (κ2) is 8.06. The Kier molecular flexibility index (Phi) is 5.72. The first-order valence-corrected chi connectivity index (χ1v) is 10.1. The van der Waals surface area contributed by atoms with Crippen LogP contribution in [0, 0.1) is 12.8 Å². The molecule has 2 aliphatic rings. The predicted molar refractivity (Wildman–Crippen MR) is 114 cm³/mol. The zero-order valence-electron chi connectivity index (χ0n) is 17.3. The number of carbonyl (C=O) groups is 1. The minimum Gasteiger partial charge on any atom is -0.384 e. The molecule has 0 fully saturated rings. The Hall–Kier alpha value is -3.16. The van der Waals surface area contributed by atoms with Gasteiger partial charge in [0, 0.05) is 6.07 Å². The number of rotatable bonds is 3. The first kappa shape index (κ1) is 20.6. The summed E-state index contributed by atoms with van der Waals surface area (Å²) in [5.41, 5.74) is 6.09. The summed E-state index contributed by atoms with van der Waals surface area (Å²) < 4.78 is 1.59. The standard InChI is InChI=1S/C19H22N6O2.C2H6/c1-3-12-5-4-6-19(9-12)24-17(26)16-11(2)7-13(18(27)25(16)19)23-15-8-14(20)21-10-22-15;1-2/h4,6-8,10,12H,3,5,9H2,1-2H3,(H,24,26)(H3,20,21,22,23);1-2H3. The molecule has 29 heavy (non-hydrogen) atoms. The van der Waals surface area contributed by atoms with E-state index in [4.69, 9.17) is 5.73 Å². The highest BCUT2D eigenvalue weighted by molar-refractivity contribution is 5.97. The maximum absolute atomic E-state index is 13.3. The van der Waals surface area contributed by atoms with E-state index in [9.17, 15) is 9.59 Å². The molecule has 0 bridgehead atoms. The Morgan fingerprint density at radius 3 is 2.76 bits per heavy atom. The number of nitrogens with one attached hydrogen (secondary N) is 2. The van der Waals surface area contributed by atoms with Crippen molar-refractivity contribution in [3.8, 4) is 0 Å². The predicted octanol–water partition coefficient (Wildman–Crippen LogP) is 3.07. The maximum atomic E-state index is 13.3. The Labute approximate surface area is 170 Å². The van der Waals surface area contributed by atoms with E-state index in [0.717, 1.165) is 18.4 Å². The first-order chi connectivity index (χ1) is 13.9. The van der Waals surface area contributed by atoms with Crippen LogP contribution in [0.2, 0.25) is 0 Å². The third-order valence-electron chi connectivity index (χ3n) is 5.33. The number of aromatic nitrogens is 3. The van der Waals surface area contributed by atoms with Crippen LogP contribution in [0.1, 0.15) is 56.1 Å². The highest BCUT2D eigenvalue weighted by Crippen LogP contribution is 2.37. The lowest BCUT2D eigenvalue weighted by Gasteiger charge is -2.35. The molecule has 0 saturated heterocycles. The van der Waals surface area contributed by atoms with E-state index >= 15 is 0 Å². The molecular formula is C21H28N6O2. The molecular weight excluding hydrogens is 368 g/mol. The molecule has 1 spiro atoms. The van der Waals surface area contributed by atoms with Crippen LogP contribution in [0.4, 0.5) is 17.3 Å². The van der Waals surface area contributed by atoms with E-state index in [1.807, 2.05) is 26.8 Å². The number of allylic oxidation sites excluding steroid dienone is 1. The van der Waals surface area contributed by atoms with Gasteiger partial charge in [-0.15, -0.1) is 0 Å². The lowest BCUT2D eigenvalue weighted by molar-refractivity contribution is 0.0922. The molecule has 0 aromatic carbocycles. The number of nitrogen functional groups attached to an aromatic ring is 1. The van der Waals surface area contributed by atoms with Crippen LogP contribution in [0.25, 0.3) is 0 Å². The van der Waals surface area contributed by atoms with Gasteiger partial charge in [0.2, 0.25) is 0 Å². The molecule has 0 saturated carbocycles. The molecule has 2 atom stereocenters. The fourth-order valence-corrected chi connectivity index (χ4v) is 4.00. The van der Waals surface area contributed by atoms with Gasteiger partial charge < -0.3 is 16.4 Å². The number of nitrogens with zero attached hydrogens (tertiary/aromatic N) is 3. The Balaban J connectivity index is 0.00000117. The highest BCUT2D eigenvalue weighted by atomic mass is 16.2. The van der Waals surface area contributed by atoms with E-state index in [2.05, 4.69) is 33.6 Å². The van der Waals surface area contributed by atoms with E-state index in [0.29, 0.717) is 35.4 Å². The summed E-state index contributed by atoms with van der Waals surface area (Å²) in [6.07, 6.45) is 7.97. The van der Waals surface area contributed by atoms with Crippen LogP contribution in [0.3, 0.4) is 0 Å². The molecule has 0 radical (unpaired) electrons. The van der Waals surface area contributed by atoms with Crippen molar-refractivity contribution in [3.63, 3.8) is 0 Å². The molecule has 4 rings (SSSR count). The quantitative estimate of drug-likeness (QED) is 0.687. The summed E-state index contributed by atoms with van der Waals surface area (Å²) in [5.74, 6) is 0.923. The number of nitrogens with two attached hydrogens (primary N) is 1. The van der Waals surface area contributed by atoms with Crippen molar-refractivity contribution in [1.82, 2.24) is 19.9 Å².